The summed E-state index contributed by atoms with van der Waals surface area (Å²) in [4.78, 5) is 11.4. The molecule has 0 atom stereocenters. The van der Waals surface area contributed by atoms with Crippen LogP contribution in [0.1, 0.15) is 20.8 Å². The first-order valence-electron chi connectivity index (χ1n) is 4.10. The van der Waals surface area contributed by atoms with Crippen molar-refractivity contribution in [1.82, 2.24) is 5.32 Å². The molecule has 0 heterocycles. The first-order valence-corrected chi connectivity index (χ1v) is 4.10. The zero-order chi connectivity index (χ0) is 10.5. The van der Waals surface area contributed by atoms with Crippen molar-refractivity contribution >= 4 is 5.91 Å². The molecule has 0 fully saturated rings. The summed E-state index contributed by atoms with van der Waals surface area (Å²) in [6.45, 7) is 5.59. The fraction of sp³-hybridized carbons (Fsp3) is 0.500. The van der Waals surface area contributed by atoms with Gasteiger partial charge in [0.05, 0.1) is 5.54 Å². The Balaban J connectivity index is 4.34. The number of hydrogen-bond acceptors (Lipinski definition) is 2. The summed E-state index contributed by atoms with van der Waals surface area (Å²) in [5, 5.41) is 2.69. The minimum Gasteiger partial charge on any atom is -0.337 e. The highest BCUT2D eigenvalue weighted by molar-refractivity contribution is 5.93. The molecule has 3 N–H and O–H groups in total. The Morgan fingerprint density at radius 3 is 2.62 bits per heavy atom. The van der Waals surface area contributed by atoms with Crippen LogP contribution in [0.25, 0.3) is 0 Å². The van der Waals surface area contributed by atoms with E-state index in [1.807, 2.05) is 0 Å². The molecule has 3 heteroatoms. The number of nitrogens with two attached hydrogens (primary N) is 1. The van der Waals surface area contributed by atoms with Gasteiger partial charge < -0.3 is 11.1 Å². The monoisotopic (exact) mass is 180 g/mol. The molecule has 1 amide bonds. The van der Waals surface area contributed by atoms with Crippen LogP contribution >= 0.6 is 0 Å². The Bertz CT molecular complexity index is 259. The number of nitrogens with one attached hydrogen (secondary N) is 1. The van der Waals surface area contributed by atoms with Crippen molar-refractivity contribution in [3.63, 3.8) is 0 Å². The number of rotatable bonds is 3. The molecule has 0 saturated carbocycles. The van der Waals surface area contributed by atoms with Gasteiger partial charge in [-0.05, 0) is 20.8 Å². The van der Waals surface area contributed by atoms with Gasteiger partial charge in [0.15, 0.2) is 0 Å². The number of amides is 1. The summed E-state index contributed by atoms with van der Waals surface area (Å²) in [5.74, 6) is 2.31. The fourth-order valence-electron chi connectivity index (χ4n) is 0.688. The predicted molar refractivity (Wildman–Crippen MR) is 53.9 cm³/mol. The van der Waals surface area contributed by atoms with Crippen LogP contribution in [0.2, 0.25) is 0 Å². The highest BCUT2D eigenvalue weighted by atomic mass is 16.1. The molecule has 0 radical (unpaired) electrons. The van der Waals surface area contributed by atoms with Gasteiger partial charge in [0.2, 0.25) is 5.91 Å². The lowest BCUT2D eigenvalue weighted by Gasteiger charge is -2.19. The summed E-state index contributed by atoms with van der Waals surface area (Å²) in [6, 6.07) is 0. The van der Waals surface area contributed by atoms with Gasteiger partial charge in [0.1, 0.15) is 0 Å². The summed E-state index contributed by atoms with van der Waals surface area (Å²) in [5.41, 5.74) is 5.25. The van der Waals surface area contributed by atoms with Crippen molar-refractivity contribution in [3.8, 4) is 12.3 Å². The van der Waals surface area contributed by atoms with E-state index in [0.29, 0.717) is 12.1 Å². The summed E-state index contributed by atoms with van der Waals surface area (Å²) in [7, 11) is 0. The average Bonchev–Trinajstić information content (AvgIpc) is 2.04. The van der Waals surface area contributed by atoms with E-state index in [2.05, 4.69) is 11.2 Å². The summed E-state index contributed by atoms with van der Waals surface area (Å²) < 4.78 is 0. The van der Waals surface area contributed by atoms with Crippen LogP contribution in [0.15, 0.2) is 11.6 Å². The second-order valence-corrected chi connectivity index (χ2v) is 3.35. The van der Waals surface area contributed by atoms with Gasteiger partial charge in [-0.25, -0.2) is 0 Å². The van der Waals surface area contributed by atoms with E-state index in [1.54, 1.807) is 26.8 Å². The molecule has 0 aromatic carbocycles. The number of carbonyl (C=O) groups is 1. The molecule has 0 bridgehead atoms. The highest BCUT2D eigenvalue weighted by Gasteiger charge is 2.17. The smallest absolute Gasteiger partial charge is 0.247 e. The number of carbonyl (C=O) groups excluding carboxylic acids is 1. The van der Waals surface area contributed by atoms with E-state index in [4.69, 9.17) is 12.2 Å². The van der Waals surface area contributed by atoms with E-state index in [-0.39, 0.29) is 5.91 Å². The van der Waals surface area contributed by atoms with E-state index in [1.165, 1.54) is 0 Å². The maximum absolute atomic E-state index is 11.4. The van der Waals surface area contributed by atoms with Gasteiger partial charge in [-0.1, -0.05) is 12.0 Å². The molecule has 0 saturated heterocycles. The molecular weight excluding hydrogens is 164 g/mol. The lowest BCUT2D eigenvalue weighted by Crippen LogP contribution is -2.42. The predicted octanol–water partition coefficient (Wildman–Crippen LogP) is 0.419. The van der Waals surface area contributed by atoms with Crippen LogP contribution in [-0.4, -0.2) is 18.0 Å². The molecule has 0 unspecified atom stereocenters. The van der Waals surface area contributed by atoms with Gasteiger partial charge in [-0.15, -0.1) is 6.42 Å². The van der Waals surface area contributed by atoms with Crippen molar-refractivity contribution < 1.29 is 4.79 Å². The van der Waals surface area contributed by atoms with E-state index in [9.17, 15) is 4.79 Å². The molecule has 0 aliphatic heterocycles. The van der Waals surface area contributed by atoms with Crippen molar-refractivity contribution in [2.24, 2.45) is 5.73 Å². The molecule has 0 aliphatic carbocycles. The Morgan fingerprint density at radius 1 is 1.69 bits per heavy atom. The first kappa shape index (κ1) is 11.7. The Kier molecular flexibility index (Phi) is 4.22. The molecular formula is C10H16N2O. The van der Waals surface area contributed by atoms with E-state index in [0.717, 1.165) is 0 Å². The third-order valence-corrected chi connectivity index (χ3v) is 1.57. The Morgan fingerprint density at radius 2 is 2.23 bits per heavy atom. The Labute approximate surface area is 79.4 Å². The topological polar surface area (TPSA) is 55.1 Å². The van der Waals surface area contributed by atoms with Gasteiger partial charge >= 0.3 is 0 Å². The highest BCUT2D eigenvalue weighted by Crippen LogP contribution is 2.01. The minimum absolute atomic E-state index is 0.173. The molecule has 0 rings (SSSR count). The maximum atomic E-state index is 11.4. The van der Waals surface area contributed by atoms with Crippen molar-refractivity contribution in [1.29, 1.82) is 0 Å². The van der Waals surface area contributed by atoms with Crippen LogP contribution in [0.4, 0.5) is 0 Å². The molecule has 0 aliphatic rings. The molecule has 0 aromatic heterocycles. The van der Waals surface area contributed by atoms with Gasteiger partial charge in [0, 0.05) is 12.1 Å². The molecule has 13 heavy (non-hydrogen) atoms. The number of terminal acetylenes is 1. The quantitative estimate of drug-likeness (QED) is 0.488. The van der Waals surface area contributed by atoms with Crippen LogP contribution in [-0.2, 0) is 4.79 Å². The molecule has 3 nitrogen and oxygen atoms in total. The number of hydrogen-bond donors (Lipinski definition) is 2. The van der Waals surface area contributed by atoms with Crippen LogP contribution < -0.4 is 11.1 Å². The van der Waals surface area contributed by atoms with Crippen molar-refractivity contribution in [2.75, 3.05) is 6.54 Å². The first-order chi connectivity index (χ1) is 5.93. The summed E-state index contributed by atoms with van der Waals surface area (Å²) in [6.07, 6.45) is 6.87. The van der Waals surface area contributed by atoms with Crippen LogP contribution in [0.5, 0.6) is 0 Å². The SMILES string of the molecule is C#CC(C)(C)NC(=O)/C(C)=C/CN. The van der Waals surface area contributed by atoms with E-state index < -0.39 is 5.54 Å². The molecule has 0 spiro atoms. The third kappa shape index (κ3) is 4.34. The lowest BCUT2D eigenvalue weighted by atomic mass is 10.1. The molecule has 72 valence electrons. The zero-order valence-electron chi connectivity index (χ0n) is 8.35. The Hall–Kier alpha value is -1.27. The van der Waals surface area contributed by atoms with Crippen molar-refractivity contribution in [2.45, 2.75) is 26.3 Å². The van der Waals surface area contributed by atoms with Gasteiger partial charge in [-0.2, -0.15) is 0 Å². The minimum atomic E-state index is -0.610. The van der Waals surface area contributed by atoms with Gasteiger partial charge in [0.25, 0.3) is 0 Å². The average molecular weight is 180 g/mol. The second kappa shape index (κ2) is 4.68. The molecule has 0 aromatic rings. The normalized spacial score (nSPS) is 12.1. The maximum Gasteiger partial charge on any atom is 0.247 e. The standard InChI is InChI=1S/C10H16N2O/c1-5-10(3,4)12-9(13)8(2)6-7-11/h1,6H,7,11H2,2-4H3,(H,12,13)/b8-6+. The largest absolute Gasteiger partial charge is 0.337 e. The zero-order valence-corrected chi connectivity index (χ0v) is 8.35. The second-order valence-electron chi connectivity index (χ2n) is 3.35. The van der Waals surface area contributed by atoms with Crippen LogP contribution in [0, 0.1) is 12.3 Å². The van der Waals surface area contributed by atoms with E-state index >= 15 is 0 Å². The summed E-state index contributed by atoms with van der Waals surface area (Å²) >= 11 is 0. The van der Waals surface area contributed by atoms with Crippen molar-refractivity contribution in [3.05, 3.63) is 11.6 Å². The third-order valence-electron chi connectivity index (χ3n) is 1.57. The van der Waals surface area contributed by atoms with Gasteiger partial charge in [-0.3, -0.25) is 4.79 Å². The fourth-order valence-corrected chi connectivity index (χ4v) is 0.688. The lowest BCUT2D eigenvalue weighted by molar-refractivity contribution is -0.118. The van der Waals surface area contributed by atoms with Crippen LogP contribution in [0.3, 0.4) is 0 Å².